The Morgan fingerprint density at radius 2 is 1.90 bits per heavy atom. The van der Waals surface area contributed by atoms with E-state index < -0.39 is 5.97 Å². The van der Waals surface area contributed by atoms with Crippen molar-refractivity contribution in [3.63, 3.8) is 0 Å². The lowest BCUT2D eigenvalue weighted by Gasteiger charge is -2.30. The number of nitrogens with zero attached hydrogens (tertiary/aromatic N) is 1. The fourth-order valence-electron chi connectivity index (χ4n) is 2.36. The molecule has 6 heteroatoms. The summed E-state index contributed by atoms with van der Waals surface area (Å²) in [5.74, 6) is -0.214. The third-order valence-electron chi connectivity index (χ3n) is 3.95. The highest BCUT2D eigenvalue weighted by atomic mass is 16.5. The van der Waals surface area contributed by atoms with Gasteiger partial charge in [-0.25, -0.2) is 0 Å². The third-order valence-corrected chi connectivity index (χ3v) is 3.95. The van der Waals surface area contributed by atoms with Gasteiger partial charge in [0.15, 0.2) is 0 Å². The molecule has 2 fully saturated rings. The molecule has 0 unspecified atom stereocenters. The van der Waals surface area contributed by atoms with Crippen molar-refractivity contribution in [2.45, 2.75) is 25.7 Å². The highest BCUT2D eigenvalue weighted by Crippen LogP contribution is 2.28. The molecular formula is C14H24N2O4. The van der Waals surface area contributed by atoms with Crippen LogP contribution >= 0.6 is 0 Å². The molecule has 114 valence electrons. The topological polar surface area (TPSA) is 78.9 Å². The van der Waals surface area contributed by atoms with Crippen LogP contribution in [0.1, 0.15) is 25.7 Å². The zero-order chi connectivity index (χ0) is 14.4. The molecule has 0 spiro atoms. The maximum absolute atomic E-state index is 11.9. The highest BCUT2D eigenvalue weighted by Gasteiger charge is 2.26. The number of carboxylic acids is 1. The molecule has 1 aliphatic heterocycles. The van der Waals surface area contributed by atoms with E-state index in [0.717, 1.165) is 12.5 Å². The van der Waals surface area contributed by atoms with Crippen molar-refractivity contribution >= 4 is 11.9 Å². The van der Waals surface area contributed by atoms with Crippen molar-refractivity contribution < 1.29 is 19.4 Å². The van der Waals surface area contributed by atoms with Gasteiger partial charge < -0.3 is 20.1 Å². The average molecular weight is 284 g/mol. The Kier molecular flexibility index (Phi) is 5.79. The zero-order valence-corrected chi connectivity index (χ0v) is 11.8. The summed E-state index contributed by atoms with van der Waals surface area (Å²) < 4.78 is 5.47. The second-order valence-corrected chi connectivity index (χ2v) is 5.69. The number of carbonyl (C=O) groups is 2. The number of rotatable bonds is 8. The largest absolute Gasteiger partial charge is 0.481 e. The zero-order valence-electron chi connectivity index (χ0n) is 11.8. The number of likely N-dealkylation sites (tertiary alicyclic amines) is 1. The van der Waals surface area contributed by atoms with E-state index in [4.69, 9.17) is 9.84 Å². The van der Waals surface area contributed by atoms with E-state index in [9.17, 15) is 9.59 Å². The van der Waals surface area contributed by atoms with Gasteiger partial charge in [0.25, 0.3) is 0 Å². The van der Waals surface area contributed by atoms with Gasteiger partial charge >= 0.3 is 5.97 Å². The molecule has 20 heavy (non-hydrogen) atoms. The molecule has 1 amide bonds. The predicted octanol–water partition coefficient (Wildman–Crippen LogP) is 0.326. The molecule has 0 bridgehead atoms. The molecule has 2 rings (SSSR count). The Bertz CT molecular complexity index is 336. The Hall–Kier alpha value is -1.14. The van der Waals surface area contributed by atoms with Crippen molar-refractivity contribution in [2.75, 3.05) is 39.4 Å². The van der Waals surface area contributed by atoms with Gasteiger partial charge in [-0.1, -0.05) is 0 Å². The molecule has 0 aromatic heterocycles. The number of ether oxygens (including phenoxy) is 1. The lowest BCUT2D eigenvalue weighted by molar-refractivity contribution is -0.145. The second-order valence-electron chi connectivity index (χ2n) is 5.69. The van der Waals surface area contributed by atoms with Gasteiger partial charge in [0.2, 0.25) is 5.91 Å². The fraction of sp³-hybridized carbons (Fsp3) is 0.857. The summed E-state index contributed by atoms with van der Waals surface area (Å²) in [5, 5.41) is 12.0. The first kappa shape index (κ1) is 15.3. The van der Waals surface area contributed by atoms with Crippen LogP contribution in [0.3, 0.4) is 0 Å². The first-order valence-electron chi connectivity index (χ1n) is 7.46. The van der Waals surface area contributed by atoms with Gasteiger partial charge in [-0.3, -0.25) is 9.59 Å². The van der Waals surface area contributed by atoms with E-state index >= 15 is 0 Å². The van der Waals surface area contributed by atoms with Gasteiger partial charge in [-0.2, -0.15) is 0 Å². The highest BCUT2D eigenvalue weighted by molar-refractivity contribution is 5.78. The summed E-state index contributed by atoms with van der Waals surface area (Å²) in [7, 11) is 0. The standard InChI is InChI=1S/C14H24N2O4/c17-13(9-15-5-8-20-10-11-1-2-11)16-6-3-12(4-7-16)14(18)19/h11-12,15H,1-10H2,(H,18,19). The molecule has 0 radical (unpaired) electrons. The molecule has 6 nitrogen and oxygen atoms in total. The Morgan fingerprint density at radius 3 is 2.50 bits per heavy atom. The van der Waals surface area contributed by atoms with Gasteiger partial charge in [0, 0.05) is 26.2 Å². The number of piperidine rings is 1. The Morgan fingerprint density at radius 1 is 1.20 bits per heavy atom. The molecule has 2 N–H and O–H groups in total. The minimum atomic E-state index is -0.747. The van der Waals surface area contributed by atoms with Crippen molar-refractivity contribution in [1.82, 2.24) is 10.2 Å². The van der Waals surface area contributed by atoms with Crippen LogP contribution in [0.15, 0.2) is 0 Å². The predicted molar refractivity (Wildman–Crippen MR) is 73.4 cm³/mol. The lowest BCUT2D eigenvalue weighted by atomic mass is 9.97. The minimum Gasteiger partial charge on any atom is -0.481 e. The lowest BCUT2D eigenvalue weighted by Crippen LogP contribution is -2.44. The van der Waals surface area contributed by atoms with E-state index in [1.165, 1.54) is 12.8 Å². The van der Waals surface area contributed by atoms with Crippen LogP contribution in [-0.4, -0.2) is 61.3 Å². The van der Waals surface area contributed by atoms with Crippen LogP contribution in [-0.2, 0) is 14.3 Å². The number of nitrogens with one attached hydrogen (secondary N) is 1. The number of hydrogen-bond donors (Lipinski definition) is 2. The smallest absolute Gasteiger partial charge is 0.306 e. The summed E-state index contributed by atoms with van der Waals surface area (Å²) in [6, 6.07) is 0. The van der Waals surface area contributed by atoms with Crippen LogP contribution in [0.4, 0.5) is 0 Å². The first-order chi connectivity index (χ1) is 9.66. The van der Waals surface area contributed by atoms with Crippen molar-refractivity contribution in [1.29, 1.82) is 0 Å². The molecule has 2 aliphatic rings. The maximum Gasteiger partial charge on any atom is 0.306 e. The van der Waals surface area contributed by atoms with Crippen molar-refractivity contribution in [3.05, 3.63) is 0 Å². The van der Waals surface area contributed by atoms with Crippen LogP contribution in [0, 0.1) is 11.8 Å². The van der Waals surface area contributed by atoms with E-state index in [-0.39, 0.29) is 11.8 Å². The number of carbonyl (C=O) groups excluding carboxylic acids is 1. The van der Waals surface area contributed by atoms with Gasteiger partial charge in [0.05, 0.1) is 19.1 Å². The molecule has 0 aromatic rings. The first-order valence-corrected chi connectivity index (χ1v) is 7.46. The summed E-state index contributed by atoms with van der Waals surface area (Å²) in [6.07, 6.45) is 3.70. The Labute approximate surface area is 119 Å². The van der Waals surface area contributed by atoms with E-state index in [1.54, 1.807) is 4.90 Å². The van der Waals surface area contributed by atoms with E-state index in [0.29, 0.717) is 45.6 Å². The van der Waals surface area contributed by atoms with Crippen molar-refractivity contribution in [3.8, 4) is 0 Å². The van der Waals surface area contributed by atoms with Crippen LogP contribution in [0.2, 0.25) is 0 Å². The molecule has 1 heterocycles. The van der Waals surface area contributed by atoms with Crippen LogP contribution in [0.25, 0.3) is 0 Å². The third kappa shape index (κ3) is 5.09. The summed E-state index contributed by atoms with van der Waals surface area (Å²) in [4.78, 5) is 24.5. The fourth-order valence-corrected chi connectivity index (χ4v) is 2.36. The second kappa shape index (κ2) is 7.59. The minimum absolute atomic E-state index is 0.0519. The average Bonchev–Trinajstić information content (AvgIpc) is 3.26. The van der Waals surface area contributed by atoms with Gasteiger partial charge in [-0.15, -0.1) is 0 Å². The van der Waals surface area contributed by atoms with Gasteiger partial charge in [0.1, 0.15) is 0 Å². The molecule has 0 atom stereocenters. The Balaban J connectivity index is 1.50. The SMILES string of the molecule is O=C(O)C1CCN(C(=O)CNCCOCC2CC2)CC1. The normalized spacial score (nSPS) is 20.1. The molecule has 1 aliphatic carbocycles. The van der Waals surface area contributed by atoms with Crippen LogP contribution < -0.4 is 5.32 Å². The quantitative estimate of drug-likeness (QED) is 0.628. The molecule has 1 saturated heterocycles. The summed E-state index contributed by atoms with van der Waals surface area (Å²) in [6.45, 7) is 3.59. The monoisotopic (exact) mass is 284 g/mol. The van der Waals surface area contributed by atoms with Gasteiger partial charge in [-0.05, 0) is 31.6 Å². The molecular weight excluding hydrogens is 260 g/mol. The summed E-state index contributed by atoms with van der Waals surface area (Å²) >= 11 is 0. The van der Waals surface area contributed by atoms with Crippen molar-refractivity contribution in [2.24, 2.45) is 11.8 Å². The molecule has 0 aromatic carbocycles. The maximum atomic E-state index is 11.9. The number of aliphatic carboxylic acids is 1. The van der Waals surface area contributed by atoms with E-state index in [2.05, 4.69) is 5.32 Å². The summed E-state index contributed by atoms with van der Waals surface area (Å²) in [5.41, 5.74) is 0. The number of carboxylic acid groups (broad SMARTS) is 1. The number of amides is 1. The van der Waals surface area contributed by atoms with E-state index in [1.807, 2.05) is 0 Å². The molecule has 1 saturated carbocycles. The number of hydrogen-bond acceptors (Lipinski definition) is 4. The van der Waals surface area contributed by atoms with Crippen LogP contribution in [0.5, 0.6) is 0 Å².